The Bertz CT molecular complexity index is 738. The number of nitrogens with zero attached hydrogens (tertiary/aromatic N) is 3. The van der Waals surface area contributed by atoms with Gasteiger partial charge in [-0.1, -0.05) is 22.8 Å². The molecule has 0 amide bonds. The van der Waals surface area contributed by atoms with E-state index in [-0.39, 0.29) is 10.8 Å². The van der Waals surface area contributed by atoms with Gasteiger partial charge in [-0.05, 0) is 25.1 Å². The summed E-state index contributed by atoms with van der Waals surface area (Å²) in [6.07, 6.45) is 0. The van der Waals surface area contributed by atoms with E-state index >= 15 is 0 Å². The number of rotatable bonds is 3. The Labute approximate surface area is 121 Å². The molecule has 3 rings (SSSR count). The Morgan fingerprint density at radius 2 is 2.15 bits per heavy atom. The Hall–Kier alpha value is -1.44. The molecule has 8 heteroatoms. The van der Waals surface area contributed by atoms with E-state index in [1.807, 2.05) is 0 Å². The lowest BCUT2D eigenvalue weighted by Gasteiger charge is -2.35. The van der Waals surface area contributed by atoms with Crippen molar-refractivity contribution in [1.29, 1.82) is 0 Å². The van der Waals surface area contributed by atoms with Gasteiger partial charge in [0, 0.05) is 18.1 Å². The molecule has 0 radical (unpaired) electrons. The van der Waals surface area contributed by atoms with Crippen molar-refractivity contribution in [2.45, 2.75) is 17.7 Å². The normalized spacial score (nSPS) is 17.1. The minimum absolute atomic E-state index is 0.0369. The molecule has 0 bridgehead atoms. The van der Waals surface area contributed by atoms with Crippen LogP contribution in [0.5, 0.6) is 0 Å². The van der Waals surface area contributed by atoms with Gasteiger partial charge in [0.1, 0.15) is 0 Å². The highest BCUT2D eigenvalue weighted by Crippen LogP contribution is 2.31. The molecule has 1 aromatic carbocycles. The van der Waals surface area contributed by atoms with Gasteiger partial charge in [0.15, 0.2) is 5.82 Å². The molecule has 0 saturated carbocycles. The summed E-state index contributed by atoms with van der Waals surface area (Å²) in [6.45, 7) is 2.42. The second-order valence-corrected chi connectivity index (χ2v) is 7.03. The van der Waals surface area contributed by atoms with Crippen molar-refractivity contribution in [3.05, 3.63) is 41.0 Å². The van der Waals surface area contributed by atoms with Gasteiger partial charge < -0.3 is 4.52 Å². The quantitative estimate of drug-likeness (QED) is 0.864. The fourth-order valence-electron chi connectivity index (χ4n) is 2.05. The van der Waals surface area contributed by atoms with Gasteiger partial charge in [-0.25, -0.2) is 8.42 Å². The minimum atomic E-state index is -3.50. The molecule has 106 valence electrons. The molecule has 1 saturated heterocycles. The summed E-state index contributed by atoms with van der Waals surface area (Å²) in [5.41, 5.74) is 0. The Kier molecular flexibility index (Phi) is 3.27. The van der Waals surface area contributed by atoms with Crippen LogP contribution in [0.25, 0.3) is 0 Å². The summed E-state index contributed by atoms with van der Waals surface area (Å²) < 4.78 is 31.1. The molecule has 0 atom stereocenters. The maximum atomic E-state index is 12.3. The summed E-state index contributed by atoms with van der Waals surface area (Å²) >= 11 is 5.83. The first-order chi connectivity index (χ1) is 9.46. The molecular weight excluding hydrogens is 302 g/mol. The van der Waals surface area contributed by atoms with E-state index in [0.717, 1.165) is 0 Å². The molecule has 0 N–H and O–H groups in total. The smallest absolute Gasteiger partial charge is 0.243 e. The average molecular weight is 314 g/mol. The van der Waals surface area contributed by atoms with Gasteiger partial charge >= 0.3 is 0 Å². The third kappa shape index (κ3) is 2.32. The molecule has 0 aliphatic carbocycles. The van der Waals surface area contributed by atoms with Crippen LogP contribution in [0.4, 0.5) is 0 Å². The number of hydrogen-bond donors (Lipinski definition) is 0. The van der Waals surface area contributed by atoms with Crippen LogP contribution in [0.2, 0.25) is 5.02 Å². The van der Waals surface area contributed by atoms with Crippen LogP contribution in [-0.4, -0.2) is 36.0 Å². The molecule has 2 aromatic rings. The molecule has 1 aliphatic heterocycles. The predicted molar refractivity (Wildman–Crippen MR) is 72.0 cm³/mol. The zero-order valence-electron chi connectivity index (χ0n) is 10.7. The summed E-state index contributed by atoms with van der Waals surface area (Å²) in [5.74, 6) is 1.00. The largest absolute Gasteiger partial charge is 0.339 e. The topological polar surface area (TPSA) is 76.3 Å². The molecule has 0 spiro atoms. The number of benzene rings is 1. The first-order valence-corrected chi connectivity index (χ1v) is 7.84. The van der Waals surface area contributed by atoms with E-state index < -0.39 is 10.0 Å². The third-order valence-electron chi connectivity index (χ3n) is 3.17. The fraction of sp³-hybridized carbons (Fsp3) is 0.333. The highest BCUT2D eigenvalue weighted by atomic mass is 35.5. The van der Waals surface area contributed by atoms with Crippen molar-refractivity contribution in [2.24, 2.45) is 0 Å². The maximum absolute atomic E-state index is 12.3. The maximum Gasteiger partial charge on any atom is 0.243 e. The first-order valence-electron chi connectivity index (χ1n) is 6.03. The summed E-state index contributed by atoms with van der Waals surface area (Å²) in [4.78, 5) is 4.31. The molecule has 20 heavy (non-hydrogen) atoms. The lowest BCUT2D eigenvalue weighted by atomic mass is 10.0. The third-order valence-corrected chi connectivity index (χ3v) is 5.24. The molecule has 1 aromatic heterocycles. The van der Waals surface area contributed by atoms with Crippen LogP contribution in [0.15, 0.2) is 33.7 Å². The van der Waals surface area contributed by atoms with Crippen LogP contribution < -0.4 is 0 Å². The number of hydrogen-bond acceptors (Lipinski definition) is 5. The Balaban J connectivity index is 1.76. The van der Waals surface area contributed by atoms with E-state index in [9.17, 15) is 8.42 Å². The van der Waals surface area contributed by atoms with E-state index in [1.165, 1.54) is 16.4 Å². The van der Waals surface area contributed by atoms with E-state index in [2.05, 4.69) is 10.1 Å². The monoisotopic (exact) mass is 313 g/mol. The molecule has 6 nitrogen and oxygen atoms in total. The second-order valence-electron chi connectivity index (χ2n) is 4.66. The molecule has 2 heterocycles. The number of aromatic nitrogens is 2. The average Bonchev–Trinajstić information content (AvgIpc) is 2.73. The van der Waals surface area contributed by atoms with Gasteiger partial charge in [0.25, 0.3) is 0 Å². The van der Waals surface area contributed by atoms with Crippen LogP contribution in [0.1, 0.15) is 17.6 Å². The van der Waals surface area contributed by atoms with E-state index in [4.69, 9.17) is 16.1 Å². The first kappa shape index (κ1) is 13.5. The van der Waals surface area contributed by atoms with Crippen LogP contribution in [-0.2, 0) is 10.0 Å². The van der Waals surface area contributed by atoms with Gasteiger partial charge in [-0.3, -0.25) is 0 Å². The highest BCUT2D eigenvalue weighted by molar-refractivity contribution is 7.89. The molecule has 1 aliphatic rings. The Morgan fingerprint density at radius 1 is 1.40 bits per heavy atom. The van der Waals surface area contributed by atoms with Crippen molar-refractivity contribution < 1.29 is 12.9 Å². The lowest BCUT2D eigenvalue weighted by Crippen LogP contribution is -2.48. The summed E-state index contributed by atoms with van der Waals surface area (Å²) in [7, 11) is -3.50. The molecular formula is C12H12ClN3O3S. The van der Waals surface area contributed by atoms with Crippen LogP contribution in [0.3, 0.4) is 0 Å². The standard InChI is InChI=1S/C12H12ClN3O3S/c1-8-14-12(19-15-8)9-6-16(7-9)20(17,18)11-4-2-3-10(13)5-11/h2-5,9H,6-7H2,1H3. The molecule has 0 unspecified atom stereocenters. The summed E-state index contributed by atoms with van der Waals surface area (Å²) in [6, 6.07) is 6.24. The SMILES string of the molecule is Cc1noc(C2CN(S(=O)(=O)c3cccc(Cl)c3)C2)n1. The molecule has 1 fully saturated rings. The second kappa shape index (κ2) is 4.83. The number of aryl methyl sites for hydroxylation is 1. The minimum Gasteiger partial charge on any atom is -0.339 e. The van der Waals surface area contributed by atoms with Crippen molar-refractivity contribution in [3.8, 4) is 0 Å². The fourth-order valence-corrected chi connectivity index (χ4v) is 3.88. The van der Waals surface area contributed by atoms with Crippen LogP contribution in [0, 0.1) is 6.92 Å². The van der Waals surface area contributed by atoms with Crippen LogP contribution >= 0.6 is 11.6 Å². The van der Waals surface area contributed by atoms with Gasteiger partial charge in [-0.15, -0.1) is 0 Å². The van der Waals surface area contributed by atoms with Crippen molar-refractivity contribution >= 4 is 21.6 Å². The lowest BCUT2D eigenvalue weighted by molar-refractivity contribution is 0.216. The van der Waals surface area contributed by atoms with E-state index in [1.54, 1.807) is 19.1 Å². The van der Waals surface area contributed by atoms with Gasteiger partial charge in [0.05, 0.1) is 10.8 Å². The van der Waals surface area contributed by atoms with E-state index in [0.29, 0.717) is 29.8 Å². The van der Waals surface area contributed by atoms with Crippen molar-refractivity contribution in [2.75, 3.05) is 13.1 Å². The van der Waals surface area contributed by atoms with Crippen molar-refractivity contribution in [1.82, 2.24) is 14.4 Å². The van der Waals surface area contributed by atoms with Gasteiger partial charge in [-0.2, -0.15) is 9.29 Å². The Morgan fingerprint density at radius 3 is 2.75 bits per heavy atom. The highest BCUT2D eigenvalue weighted by Gasteiger charge is 2.40. The number of sulfonamides is 1. The van der Waals surface area contributed by atoms with Gasteiger partial charge in [0.2, 0.25) is 15.9 Å². The summed E-state index contributed by atoms with van der Waals surface area (Å²) in [5, 5.41) is 4.10. The zero-order chi connectivity index (χ0) is 14.3. The predicted octanol–water partition coefficient (Wildman–Crippen LogP) is 1.82. The number of halogens is 1. The zero-order valence-corrected chi connectivity index (χ0v) is 12.2. The van der Waals surface area contributed by atoms with Crippen molar-refractivity contribution in [3.63, 3.8) is 0 Å².